The van der Waals surface area contributed by atoms with E-state index in [2.05, 4.69) is 4.72 Å². The number of fused-ring (bicyclic) bond motifs is 1. The summed E-state index contributed by atoms with van der Waals surface area (Å²) in [7, 11) is -4.28. The van der Waals surface area contributed by atoms with Crippen molar-refractivity contribution in [1.82, 2.24) is 4.90 Å². The Kier molecular flexibility index (Phi) is 5.19. The fraction of sp³-hybridized carbons (Fsp3) is 0.316. The molecule has 1 aliphatic heterocycles. The molecule has 0 spiro atoms. The van der Waals surface area contributed by atoms with E-state index in [0.717, 1.165) is 23.3 Å². The van der Waals surface area contributed by atoms with Crippen molar-refractivity contribution in [3.05, 3.63) is 59.2 Å². The van der Waals surface area contributed by atoms with E-state index in [0.29, 0.717) is 25.6 Å². The molecule has 0 aromatic heterocycles. The van der Waals surface area contributed by atoms with Gasteiger partial charge in [0, 0.05) is 24.7 Å². The molecule has 5 nitrogen and oxygen atoms in total. The van der Waals surface area contributed by atoms with Crippen molar-refractivity contribution in [2.75, 3.05) is 11.3 Å². The molecule has 0 bridgehead atoms. The molecule has 8 heteroatoms. The summed E-state index contributed by atoms with van der Waals surface area (Å²) >= 11 is 0. The van der Waals surface area contributed by atoms with E-state index in [1.165, 1.54) is 0 Å². The molecule has 144 valence electrons. The second kappa shape index (κ2) is 7.26. The first kappa shape index (κ1) is 19.3. The second-order valence-corrected chi connectivity index (χ2v) is 8.48. The lowest BCUT2D eigenvalue weighted by Gasteiger charge is -2.30. The van der Waals surface area contributed by atoms with Crippen LogP contribution in [0.25, 0.3) is 0 Å². The third kappa shape index (κ3) is 4.10. The summed E-state index contributed by atoms with van der Waals surface area (Å²) in [5.74, 6) is -1.96. The summed E-state index contributed by atoms with van der Waals surface area (Å²) in [6.07, 6.45) is 0.680. The van der Waals surface area contributed by atoms with E-state index >= 15 is 0 Å². The van der Waals surface area contributed by atoms with Gasteiger partial charge < -0.3 is 4.90 Å². The molecule has 1 aliphatic rings. The molecule has 1 N–H and O–H groups in total. The van der Waals surface area contributed by atoms with E-state index in [-0.39, 0.29) is 17.5 Å². The summed E-state index contributed by atoms with van der Waals surface area (Å²) in [4.78, 5) is 13.2. The summed E-state index contributed by atoms with van der Waals surface area (Å²) in [6, 6.07) is 7.25. The predicted octanol–water partition coefficient (Wildman–Crippen LogP) is 3.31. The molecular formula is C19H20F2N2O3S. The molecule has 3 rings (SSSR count). The number of hydrogen-bond donors (Lipinski definition) is 1. The number of benzene rings is 2. The molecule has 0 aliphatic carbocycles. The third-order valence-corrected chi connectivity index (χ3v) is 5.86. The number of nitrogens with zero attached hydrogens (tertiary/aromatic N) is 1. The molecule has 0 atom stereocenters. The van der Waals surface area contributed by atoms with Crippen molar-refractivity contribution in [3.63, 3.8) is 0 Å². The van der Waals surface area contributed by atoms with Crippen LogP contribution in [0, 0.1) is 17.6 Å². The Hall–Kier alpha value is -2.48. The lowest BCUT2D eigenvalue weighted by Crippen LogP contribution is -2.38. The molecule has 1 amide bonds. The first-order valence-corrected chi connectivity index (χ1v) is 10.0. The van der Waals surface area contributed by atoms with E-state index in [9.17, 15) is 22.0 Å². The van der Waals surface area contributed by atoms with Crippen molar-refractivity contribution in [2.45, 2.75) is 31.7 Å². The van der Waals surface area contributed by atoms with Crippen LogP contribution in [0.15, 0.2) is 41.3 Å². The highest BCUT2D eigenvalue weighted by atomic mass is 32.2. The lowest BCUT2D eigenvalue weighted by molar-refractivity contribution is -0.135. The normalized spacial score (nSPS) is 14.2. The van der Waals surface area contributed by atoms with E-state index < -0.39 is 26.6 Å². The monoisotopic (exact) mass is 394 g/mol. The minimum Gasteiger partial charge on any atom is -0.338 e. The number of carbonyl (C=O) groups excluding carboxylic acids is 1. The van der Waals surface area contributed by atoms with Gasteiger partial charge in [0.2, 0.25) is 5.91 Å². The quantitative estimate of drug-likeness (QED) is 0.865. The molecular weight excluding hydrogens is 374 g/mol. The Morgan fingerprint density at radius 3 is 2.56 bits per heavy atom. The van der Waals surface area contributed by atoms with Crippen LogP contribution in [0.1, 0.15) is 25.0 Å². The van der Waals surface area contributed by atoms with Crippen molar-refractivity contribution in [2.24, 2.45) is 5.92 Å². The minimum absolute atomic E-state index is 0.0356. The van der Waals surface area contributed by atoms with Crippen LogP contribution in [-0.4, -0.2) is 25.8 Å². The molecule has 2 aromatic rings. The summed E-state index contributed by atoms with van der Waals surface area (Å²) in [5, 5.41) is 0. The number of amides is 1. The molecule has 0 unspecified atom stereocenters. The number of carbonyl (C=O) groups is 1. The highest BCUT2D eigenvalue weighted by Gasteiger charge is 2.24. The largest absolute Gasteiger partial charge is 0.338 e. The first-order chi connectivity index (χ1) is 12.7. The number of hydrogen-bond acceptors (Lipinski definition) is 3. The molecule has 0 saturated heterocycles. The Balaban J connectivity index is 1.86. The van der Waals surface area contributed by atoms with Gasteiger partial charge in [-0.15, -0.1) is 0 Å². The van der Waals surface area contributed by atoms with Gasteiger partial charge in [-0.25, -0.2) is 17.2 Å². The fourth-order valence-electron chi connectivity index (χ4n) is 3.07. The first-order valence-electron chi connectivity index (χ1n) is 8.56. The van der Waals surface area contributed by atoms with Gasteiger partial charge >= 0.3 is 0 Å². The zero-order valence-electron chi connectivity index (χ0n) is 15.0. The maximum atomic E-state index is 13.8. The molecule has 27 heavy (non-hydrogen) atoms. The number of rotatable bonds is 4. The molecule has 0 saturated carbocycles. The standard InChI is InChI=1S/C19H20F2N2O3S/c1-12(2)19(24)23-8-7-13-3-5-16(9-14(13)11-23)22-27(25,26)18-10-15(20)4-6-17(18)21/h3-6,9-10,12,22H,7-8,11H2,1-2H3. The predicted molar refractivity (Wildman–Crippen MR) is 97.6 cm³/mol. The van der Waals surface area contributed by atoms with E-state index in [4.69, 9.17) is 0 Å². The van der Waals surface area contributed by atoms with Crippen LogP contribution in [-0.2, 0) is 27.8 Å². The molecule has 1 heterocycles. The Labute approximate surface area is 157 Å². The van der Waals surface area contributed by atoms with Crippen LogP contribution in [0.2, 0.25) is 0 Å². The lowest BCUT2D eigenvalue weighted by atomic mass is 9.98. The third-order valence-electron chi connectivity index (χ3n) is 4.46. The highest BCUT2D eigenvalue weighted by molar-refractivity contribution is 7.92. The van der Waals surface area contributed by atoms with Crippen LogP contribution < -0.4 is 4.72 Å². The molecule has 0 fully saturated rings. The Bertz CT molecular complexity index is 990. The maximum absolute atomic E-state index is 13.8. The summed E-state index contributed by atoms with van der Waals surface area (Å²) < 4.78 is 54.3. The zero-order chi connectivity index (χ0) is 19.8. The van der Waals surface area contributed by atoms with Gasteiger partial charge in [-0.1, -0.05) is 19.9 Å². The van der Waals surface area contributed by atoms with Gasteiger partial charge in [0.1, 0.15) is 16.5 Å². The number of nitrogens with one attached hydrogen (secondary N) is 1. The molecule has 2 aromatic carbocycles. The van der Waals surface area contributed by atoms with Crippen LogP contribution in [0.3, 0.4) is 0 Å². The second-order valence-electron chi connectivity index (χ2n) is 6.83. The summed E-state index contributed by atoms with van der Waals surface area (Å²) in [5.41, 5.74) is 2.09. The average molecular weight is 394 g/mol. The topological polar surface area (TPSA) is 66.5 Å². The van der Waals surface area contributed by atoms with Crippen LogP contribution in [0.4, 0.5) is 14.5 Å². The highest BCUT2D eigenvalue weighted by Crippen LogP contribution is 2.26. The van der Waals surface area contributed by atoms with Crippen molar-refractivity contribution in [1.29, 1.82) is 0 Å². The van der Waals surface area contributed by atoms with Gasteiger partial charge in [0.15, 0.2) is 0 Å². The zero-order valence-corrected chi connectivity index (χ0v) is 15.8. The minimum atomic E-state index is -4.28. The van der Waals surface area contributed by atoms with Gasteiger partial charge in [0.05, 0.1) is 0 Å². The molecule has 0 radical (unpaired) electrons. The number of halogens is 2. The van der Waals surface area contributed by atoms with Crippen molar-refractivity contribution in [3.8, 4) is 0 Å². The van der Waals surface area contributed by atoms with Crippen LogP contribution >= 0.6 is 0 Å². The smallest absolute Gasteiger partial charge is 0.264 e. The van der Waals surface area contributed by atoms with Crippen LogP contribution in [0.5, 0.6) is 0 Å². The van der Waals surface area contributed by atoms with Gasteiger partial charge in [-0.3, -0.25) is 9.52 Å². The average Bonchev–Trinajstić information content (AvgIpc) is 2.62. The number of sulfonamides is 1. The summed E-state index contributed by atoms with van der Waals surface area (Å²) in [6.45, 7) is 4.66. The van der Waals surface area contributed by atoms with Crippen molar-refractivity contribution >= 4 is 21.6 Å². The van der Waals surface area contributed by atoms with Gasteiger partial charge in [0.25, 0.3) is 10.0 Å². The number of anilines is 1. The van der Waals surface area contributed by atoms with E-state index in [1.807, 2.05) is 13.8 Å². The van der Waals surface area contributed by atoms with Crippen molar-refractivity contribution < 1.29 is 22.0 Å². The maximum Gasteiger partial charge on any atom is 0.264 e. The Morgan fingerprint density at radius 1 is 1.11 bits per heavy atom. The SMILES string of the molecule is CC(C)C(=O)N1CCc2ccc(NS(=O)(=O)c3cc(F)ccc3F)cc2C1. The van der Waals surface area contributed by atoms with E-state index in [1.54, 1.807) is 23.1 Å². The Morgan fingerprint density at radius 2 is 1.85 bits per heavy atom. The van der Waals surface area contributed by atoms with Gasteiger partial charge in [-0.05, 0) is 47.9 Å². The van der Waals surface area contributed by atoms with Gasteiger partial charge in [-0.2, -0.15) is 0 Å². The fourth-order valence-corrected chi connectivity index (χ4v) is 4.21.